The van der Waals surface area contributed by atoms with Gasteiger partial charge in [-0.05, 0) is 6.42 Å². The van der Waals surface area contributed by atoms with Crippen LogP contribution >= 0.6 is 11.8 Å². The standard InChI is InChI=1S/C11H21NO2S/c1-4-5-14-8-11(13)12-6-9(2)15-10(3)7-12/h9-10H,4-8H2,1-3H3. The quantitative estimate of drug-likeness (QED) is 0.691. The second kappa shape index (κ2) is 6.38. The third-order valence-corrected chi connectivity index (χ3v) is 3.57. The van der Waals surface area contributed by atoms with Gasteiger partial charge < -0.3 is 9.64 Å². The monoisotopic (exact) mass is 231 g/mol. The third-order valence-electron chi connectivity index (χ3n) is 2.35. The lowest BCUT2D eigenvalue weighted by Crippen LogP contribution is -2.45. The van der Waals surface area contributed by atoms with Crippen molar-refractivity contribution in [2.45, 2.75) is 37.7 Å². The molecule has 15 heavy (non-hydrogen) atoms. The van der Waals surface area contributed by atoms with E-state index in [1.807, 2.05) is 23.6 Å². The number of amides is 1. The molecule has 1 fully saturated rings. The van der Waals surface area contributed by atoms with E-state index in [-0.39, 0.29) is 12.5 Å². The second-order valence-electron chi connectivity index (χ2n) is 4.11. The summed E-state index contributed by atoms with van der Waals surface area (Å²) in [6.45, 7) is 9.05. The number of carbonyl (C=O) groups is 1. The van der Waals surface area contributed by atoms with E-state index in [0.717, 1.165) is 19.5 Å². The van der Waals surface area contributed by atoms with E-state index in [9.17, 15) is 4.79 Å². The first-order valence-electron chi connectivity index (χ1n) is 5.64. The van der Waals surface area contributed by atoms with Crippen LogP contribution in [0.25, 0.3) is 0 Å². The smallest absolute Gasteiger partial charge is 0.248 e. The molecule has 1 saturated heterocycles. The molecule has 2 unspecified atom stereocenters. The number of hydrogen-bond donors (Lipinski definition) is 0. The number of carbonyl (C=O) groups excluding carboxylic acids is 1. The zero-order chi connectivity index (χ0) is 11.3. The molecule has 0 saturated carbocycles. The molecule has 4 heteroatoms. The highest BCUT2D eigenvalue weighted by molar-refractivity contribution is 8.00. The molecule has 0 bridgehead atoms. The number of hydrogen-bond acceptors (Lipinski definition) is 3. The van der Waals surface area contributed by atoms with E-state index in [2.05, 4.69) is 13.8 Å². The third kappa shape index (κ3) is 4.43. The minimum absolute atomic E-state index is 0.141. The van der Waals surface area contributed by atoms with Crippen molar-refractivity contribution in [2.24, 2.45) is 0 Å². The Morgan fingerprint density at radius 2 is 2.00 bits per heavy atom. The number of thioether (sulfide) groups is 1. The first-order chi connectivity index (χ1) is 7.13. The van der Waals surface area contributed by atoms with Crippen LogP contribution in [-0.4, -0.2) is 47.6 Å². The zero-order valence-electron chi connectivity index (χ0n) is 9.86. The van der Waals surface area contributed by atoms with Crippen LogP contribution in [0.1, 0.15) is 27.2 Å². The van der Waals surface area contributed by atoms with Gasteiger partial charge in [0, 0.05) is 30.2 Å². The Balaban J connectivity index is 2.31. The molecular weight excluding hydrogens is 210 g/mol. The Kier molecular flexibility index (Phi) is 5.47. The topological polar surface area (TPSA) is 29.5 Å². The van der Waals surface area contributed by atoms with Crippen molar-refractivity contribution in [1.29, 1.82) is 0 Å². The molecule has 1 rings (SSSR count). The normalized spacial score (nSPS) is 26.7. The van der Waals surface area contributed by atoms with Crippen LogP contribution in [0.15, 0.2) is 0 Å². The number of rotatable bonds is 4. The summed E-state index contributed by atoms with van der Waals surface area (Å²) in [4.78, 5) is 13.7. The van der Waals surface area contributed by atoms with Crippen molar-refractivity contribution < 1.29 is 9.53 Å². The summed E-state index contributed by atoms with van der Waals surface area (Å²) in [6, 6.07) is 0. The van der Waals surface area contributed by atoms with Crippen molar-refractivity contribution in [3.05, 3.63) is 0 Å². The Hall–Kier alpha value is -0.220. The maximum atomic E-state index is 11.8. The zero-order valence-corrected chi connectivity index (χ0v) is 10.7. The molecule has 3 nitrogen and oxygen atoms in total. The largest absolute Gasteiger partial charge is 0.372 e. The number of ether oxygens (including phenoxy) is 1. The lowest BCUT2D eigenvalue weighted by atomic mass is 10.3. The minimum Gasteiger partial charge on any atom is -0.372 e. The molecule has 0 aromatic carbocycles. The van der Waals surface area contributed by atoms with E-state index in [4.69, 9.17) is 4.74 Å². The minimum atomic E-state index is 0.141. The Bertz CT molecular complexity index is 201. The van der Waals surface area contributed by atoms with E-state index >= 15 is 0 Å². The maximum absolute atomic E-state index is 11.8. The van der Waals surface area contributed by atoms with Gasteiger partial charge in [-0.3, -0.25) is 4.79 Å². The van der Waals surface area contributed by atoms with Crippen molar-refractivity contribution >= 4 is 17.7 Å². The highest BCUT2D eigenvalue weighted by Crippen LogP contribution is 2.24. The average molecular weight is 231 g/mol. The molecule has 1 heterocycles. The Morgan fingerprint density at radius 1 is 1.40 bits per heavy atom. The van der Waals surface area contributed by atoms with Crippen LogP contribution in [0.4, 0.5) is 0 Å². The van der Waals surface area contributed by atoms with Crippen LogP contribution in [0.5, 0.6) is 0 Å². The van der Waals surface area contributed by atoms with Crippen LogP contribution < -0.4 is 0 Å². The van der Waals surface area contributed by atoms with Gasteiger partial charge in [-0.2, -0.15) is 11.8 Å². The van der Waals surface area contributed by atoms with Gasteiger partial charge in [-0.25, -0.2) is 0 Å². The van der Waals surface area contributed by atoms with Gasteiger partial charge >= 0.3 is 0 Å². The van der Waals surface area contributed by atoms with E-state index in [1.54, 1.807) is 0 Å². The second-order valence-corrected chi connectivity index (χ2v) is 5.99. The predicted molar refractivity (Wildman–Crippen MR) is 64.2 cm³/mol. The number of nitrogens with zero attached hydrogens (tertiary/aromatic N) is 1. The van der Waals surface area contributed by atoms with Gasteiger partial charge in [-0.1, -0.05) is 20.8 Å². The van der Waals surface area contributed by atoms with Crippen LogP contribution in [0.3, 0.4) is 0 Å². The SMILES string of the molecule is CCCOCC(=O)N1CC(C)SC(C)C1. The fourth-order valence-corrected chi connectivity index (χ4v) is 3.10. The van der Waals surface area contributed by atoms with Gasteiger partial charge in [0.1, 0.15) is 6.61 Å². The summed E-state index contributed by atoms with van der Waals surface area (Å²) in [5.41, 5.74) is 0. The summed E-state index contributed by atoms with van der Waals surface area (Å²) >= 11 is 1.96. The van der Waals surface area contributed by atoms with Gasteiger partial charge in [-0.15, -0.1) is 0 Å². The van der Waals surface area contributed by atoms with Gasteiger partial charge in [0.05, 0.1) is 0 Å². The predicted octanol–water partition coefficient (Wildman–Crippen LogP) is 1.77. The van der Waals surface area contributed by atoms with Gasteiger partial charge in [0.2, 0.25) is 5.91 Å². The summed E-state index contributed by atoms with van der Waals surface area (Å²) < 4.78 is 5.27. The first-order valence-corrected chi connectivity index (χ1v) is 6.58. The molecule has 0 aromatic rings. The van der Waals surface area contributed by atoms with Crippen molar-refractivity contribution in [3.8, 4) is 0 Å². The summed E-state index contributed by atoms with van der Waals surface area (Å²) in [6.07, 6.45) is 0.968. The molecule has 88 valence electrons. The molecule has 1 aliphatic heterocycles. The van der Waals surface area contributed by atoms with Gasteiger partial charge in [0.15, 0.2) is 0 Å². The fraction of sp³-hybridized carbons (Fsp3) is 0.909. The molecule has 0 aliphatic carbocycles. The van der Waals surface area contributed by atoms with Crippen LogP contribution in [0.2, 0.25) is 0 Å². The van der Waals surface area contributed by atoms with Gasteiger partial charge in [0.25, 0.3) is 0 Å². The van der Waals surface area contributed by atoms with Crippen molar-refractivity contribution in [1.82, 2.24) is 4.90 Å². The fourth-order valence-electron chi connectivity index (χ4n) is 1.78. The van der Waals surface area contributed by atoms with Crippen molar-refractivity contribution in [2.75, 3.05) is 26.3 Å². The summed E-state index contributed by atoms with van der Waals surface area (Å²) in [7, 11) is 0. The molecule has 0 spiro atoms. The van der Waals surface area contributed by atoms with Crippen LogP contribution in [0, 0.1) is 0 Å². The molecule has 0 N–H and O–H groups in total. The average Bonchev–Trinajstić information content (AvgIpc) is 2.16. The van der Waals surface area contributed by atoms with E-state index in [1.165, 1.54) is 0 Å². The first kappa shape index (κ1) is 12.8. The molecule has 1 aliphatic rings. The molecule has 0 radical (unpaired) electrons. The highest BCUT2D eigenvalue weighted by atomic mass is 32.2. The van der Waals surface area contributed by atoms with E-state index < -0.39 is 0 Å². The Labute approximate surface area is 96.5 Å². The summed E-state index contributed by atoms with van der Waals surface area (Å²) in [5.74, 6) is 0.141. The lowest BCUT2D eigenvalue weighted by Gasteiger charge is -2.34. The summed E-state index contributed by atoms with van der Waals surface area (Å²) in [5, 5.41) is 1.09. The Morgan fingerprint density at radius 3 is 2.53 bits per heavy atom. The lowest BCUT2D eigenvalue weighted by molar-refractivity contribution is -0.136. The molecule has 0 aromatic heterocycles. The highest BCUT2D eigenvalue weighted by Gasteiger charge is 2.25. The van der Waals surface area contributed by atoms with E-state index in [0.29, 0.717) is 17.1 Å². The molecule has 2 atom stereocenters. The maximum Gasteiger partial charge on any atom is 0.248 e. The van der Waals surface area contributed by atoms with Crippen LogP contribution in [-0.2, 0) is 9.53 Å². The van der Waals surface area contributed by atoms with Crippen molar-refractivity contribution in [3.63, 3.8) is 0 Å². The molecule has 1 amide bonds. The molecular formula is C11H21NO2S.